The number of hydrogen-bond acceptors (Lipinski definition) is 3. The van der Waals surface area contributed by atoms with Gasteiger partial charge in [-0.2, -0.15) is 11.8 Å². The molecule has 5 nitrogen and oxygen atoms in total. The molecule has 0 saturated heterocycles. The first-order chi connectivity index (χ1) is 7.73. The number of urea groups is 1. The lowest BCUT2D eigenvalue weighted by molar-refractivity contribution is -0.146. The van der Waals surface area contributed by atoms with Crippen LogP contribution in [-0.4, -0.2) is 52.1 Å². The van der Waals surface area contributed by atoms with Gasteiger partial charge in [-0.1, -0.05) is 6.92 Å². The number of likely N-dealkylation sites (N-methyl/N-ethyl adjacent to an activating group) is 1. The summed E-state index contributed by atoms with van der Waals surface area (Å²) in [6.45, 7) is 6.96. The van der Waals surface area contributed by atoms with Crippen LogP contribution in [-0.2, 0) is 4.79 Å². The first-order valence-corrected chi connectivity index (χ1v) is 6.74. The van der Waals surface area contributed by atoms with E-state index in [2.05, 4.69) is 12.2 Å². The molecule has 0 aromatic carbocycles. The molecule has 6 heteroatoms. The van der Waals surface area contributed by atoms with Crippen molar-refractivity contribution in [3.63, 3.8) is 0 Å². The van der Waals surface area contributed by atoms with E-state index >= 15 is 0 Å². The van der Waals surface area contributed by atoms with Crippen LogP contribution in [0.4, 0.5) is 4.79 Å². The zero-order chi connectivity index (χ0) is 13.6. The van der Waals surface area contributed by atoms with Crippen molar-refractivity contribution in [1.82, 2.24) is 10.2 Å². The number of carboxylic acids is 1. The zero-order valence-electron chi connectivity index (χ0n) is 11.1. The summed E-state index contributed by atoms with van der Waals surface area (Å²) >= 11 is 1.73. The molecular weight excluding hydrogens is 240 g/mol. The van der Waals surface area contributed by atoms with Crippen LogP contribution < -0.4 is 5.32 Å². The maximum absolute atomic E-state index is 11.8. The summed E-state index contributed by atoms with van der Waals surface area (Å²) in [6, 6.07) is -0.332. The molecule has 1 atom stereocenters. The van der Waals surface area contributed by atoms with Gasteiger partial charge in [0.05, 0.1) is 0 Å². The van der Waals surface area contributed by atoms with Crippen LogP contribution in [0.25, 0.3) is 0 Å². The van der Waals surface area contributed by atoms with E-state index in [1.165, 1.54) is 25.8 Å². The fraction of sp³-hybridized carbons (Fsp3) is 0.818. The Bertz CT molecular complexity index is 282. The standard InChI is InChI=1S/C11H22N2O3S/c1-6-17-7-8(2)12-10(16)13(5)11(3,4)9(14)15/h8H,6-7H2,1-5H3,(H,12,16)(H,14,15). The number of aliphatic carboxylic acids is 1. The Morgan fingerprint density at radius 3 is 2.41 bits per heavy atom. The maximum Gasteiger partial charge on any atom is 0.329 e. The molecule has 0 radical (unpaired) electrons. The molecule has 0 saturated carbocycles. The van der Waals surface area contributed by atoms with Gasteiger partial charge in [-0.05, 0) is 26.5 Å². The van der Waals surface area contributed by atoms with Crippen molar-refractivity contribution in [2.24, 2.45) is 0 Å². The van der Waals surface area contributed by atoms with E-state index in [1.54, 1.807) is 11.8 Å². The molecule has 0 aromatic heterocycles. The van der Waals surface area contributed by atoms with Crippen molar-refractivity contribution in [2.75, 3.05) is 18.6 Å². The number of amides is 2. The molecule has 0 bridgehead atoms. The summed E-state index contributed by atoms with van der Waals surface area (Å²) < 4.78 is 0. The SMILES string of the molecule is CCSCC(C)NC(=O)N(C)C(C)(C)C(=O)O. The molecule has 0 aromatic rings. The third-order valence-corrected chi connectivity index (χ3v) is 3.75. The fourth-order valence-corrected chi connectivity index (χ4v) is 1.71. The Balaban J connectivity index is 4.36. The number of carbonyl (C=O) groups excluding carboxylic acids is 1. The molecular formula is C11H22N2O3S. The van der Waals surface area contributed by atoms with E-state index in [0.717, 1.165) is 11.5 Å². The van der Waals surface area contributed by atoms with Gasteiger partial charge in [-0.15, -0.1) is 0 Å². The normalized spacial score (nSPS) is 13.0. The van der Waals surface area contributed by atoms with Crippen molar-refractivity contribution in [1.29, 1.82) is 0 Å². The highest BCUT2D eigenvalue weighted by molar-refractivity contribution is 7.99. The maximum atomic E-state index is 11.8. The lowest BCUT2D eigenvalue weighted by atomic mass is 10.1. The summed E-state index contributed by atoms with van der Waals surface area (Å²) in [6.07, 6.45) is 0. The van der Waals surface area contributed by atoms with Crippen LogP contribution in [0, 0.1) is 0 Å². The molecule has 0 rings (SSSR count). The second-order valence-electron chi connectivity index (χ2n) is 4.43. The quantitative estimate of drug-likeness (QED) is 0.763. The Morgan fingerprint density at radius 2 is 2.00 bits per heavy atom. The number of nitrogens with zero attached hydrogens (tertiary/aromatic N) is 1. The number of thioether (sulfide) groups is 1. The Kier molecular flexibility index (Phi) is 6.37. The van der Waals surface area contributed by atoms with Gasteiger partial charge in [-0.25, -0.2) is 9.59 Å². The van der Waals surface area contributed by atoms with Gasteiger partial charge in [0.25, 0.3) is 0 Å². The second kappa shape index (κ2) is 6.74. The van der Waals surface area contributed by atoms with Crippen molar-refractivity contribution in [2.45, 2.75) is 39.3 Å². The molecule has 0 aliphatic carbocycles. The topological polar surface area (TPSA) is 69.6 Å². The van der Waals surface area contributed by atoms with Crippen LogP contribution >= 0.6 is 11.8 Å². The molecule has 1 unspecified atom stereocenters. The lowest BCUT2D eigenvalue weighted by Gasteiger charge is -2.32. The predicted octanol–water partition coefficient (Wildman–Crippen LogP) is 1.63. The first kappa shape index (κ1) is 16.1. The lowest BCUT2D eigenvalue weighted by Crippen LogP contribution is -2.55. The third kappa shape index (κ3) is 4.85. The van der Waals surface area contributed by atoms with Gasteiger partial charge >= 0.3 is 12.0 Å². The average Bonchev–Trinajstić information content (AvgIpc) is 2.24. The molecule has 0 spiro atoms. The minimum absolute atomic E-state index is 0.0273. The van der Waals surface area contributed by atoms with Gasteiger partial charge in [0.15, 0.2) is 0 Å². The van der Waals surface area contributed by atoms with Gasteiger partial charge in [-0.3, -0.25) is 0 Å². The zero-order valence-corrected chi connectivity index (χ0v) is 11.9. The second-order valence-corrected chi connectivity index (χ2v) is 5.75. The molecule has 0 aliphatic heterocycles. The molecule has 17 heavy (non-hydrogen) atoms. The van der Waals surface area contributed by atoms with Crippen LogP contribution in [0.2, 0.25) is 0 Å². The van der Waals surface area contributed by atoms with Gasteiger partial charge in [0.1, 0.15) is 5.54 Å². The number of hydrogen-bond donors (Lipinski definition) is 2. The van der Waals surface area contributed by atoms with Gasteiger partial charge in [0, 0.05) is 18.8 Å². The molecule has 0 aliphatic rings. The van der Waals surface area contributed by atoms with E-state index in [9.17, 15) is 9.59 Å². The summed E-state index contributed by atoms with van der Waals surface area (Å²) in [7, 11) is 1.49. The van der Waals surface area contributed by atoms with E-state index in [0.29, 0.717) is 0 Å². The Hall–Kier alpha value is -0.910. The Morgan fingerprint density at radius 1 is 1.47 bits per heavy atom. The van der Waals surface area contributed by atoms with Crippen LogP contribution in [0.15, 0.2) is 0 Å². The number of carbonyl (C=O) groups is 2. The van der Waals surface area contributed by atoms with E-state index in [1.807, 2.05) is 6.92 Å². The van der Waals surface area contributed by atoms with E-state index in [4.69, 9.17) is 5.11 Å². The minimum Gasteiger partial charge on any atom is -0.480 e. The summed E-state index contributed by atoms with van der Waals surface area (Å²) in [5.41, 5.74) is -1.21. The average molecular weight is 262 g/mol. The van der Waals surface area contributed by atoms with E-state index < -0.39 is 11.5 Å². The summed E-state index contributed by atoms with van der Waals surface area (Å²) in [4.78, 5) is 24.0. The highest BCUT2D eigenvalue weighted by atomic mass is 32.2. The van der Waals surface area contributed by atoms with Crippen LogP contribution in [0.3, 0.4) is 0 Å². The Labute approximate surface area is 107 Å². The molecule has 0 fully saturated rings. The summed E-state index contributed by atoms with van der Waals surface area (Å²) in [5.74, 6) is 0.797. The van der Waals surface area contributed by atoms with Crippen molar-refractivity contribution in [3.8, 4) is 0 Å². The molecule has 0 heterocycles. The molecule has 100 valence electrons. The van der Waals surface area contributed by atoms with E-state index in [-0.39, 0.29) is 12.1 Å². The fourth-order valence-electron chi connectivity index (χ4n) is 1.04. The van der Waals surface area contributed by atoms with Crippen LogP contribution in [0.5, 0.6) is 0 Å². The third-order valence-electron chi connectivity index (χ3n) is 2.61. The number of rotatable bonds is 6. The van der Waals surface area contributed by atoms with Crippen molar-refractivity contribution >= 4 is 23.8 Å². The molecule has 2 amide bonds. The van der Waals surface area contributed by atoms with Gasteiger partial charge in [0.2, 0.25) is 0 Å². The smallest absolute Gasteiger partial charge is 0.329 e. The first-order valence-electron chi connectivity index (χ1n) is 5.59. The van der Waals surface area contributed by atoms with Crippen LogP contribution in [0.1, 0.15) is 27.7 Å². The van der Waals surface area contributed by atoms with Gasteiger partial charge < -0.3 is 15.3 Å². The minimum atomic E-state index is -1.21. The van der Waals surface area contributed by atoms with Crippen molar-refractivity contribution in [3.05, 3.63) is 0 Å². The number of nitrogens with one attached hydrogen (secondary N) is 1. The highest BCUT2D eigenvalue weighted by Crippen LogP contribution is 2.12. The highest BCUT2D eigenvalue weighted by Gasteiger charge is 2.35. The largest absolute Gasteiger partial charge is 0.480 e. The van der Waals surface area contributed by atoms with Crippen molar-refractivity contribution < 1.29 is 14.7 Å². The summed E-state index contributed by atoms with van der Waals surface area (Å²) in [5, 5.41) is 11.8. The molecule has 2 N–H and O–H groups in total. The number of carboxylic acid groups (broad SMARTS) is 1. The monoisotopic (exact) mass is 262 g/mol. The predicted molar refractivity (Wildman–Crippen MR) is 70.5 cm³/mol.